The van der Waals surface area contributed by atoms with E-state index in [1.807, 2.05) is 54.6 Å². The smallest absolute Gasteiger partial charge is 0.119 e. The van der Waals surface area contributed by atoms with Gasteiger partial charge in [-0.3, -0.25) is 4.98 Å². The first-order valence-electron chi connectivity index (χ1n) is 6.45. The van der Waals surface area contributed by atoms with Crippen LogP contribution in [0.5, 0.6) is 5.75 Å². The zero-order chi connectivity index (χ0) is 13.9. The summed E-state index contributed by atoms with van der Waals surface area (Å²) < 4.78 is 5.20. The molecule has 0 saturated heterocycles. The van der Waals surface area contributed by atoms with E-state index in [1.165, 1.54) is 0 Å². The number of aliphatic hydroxyl groups excluding tert-OH is 1. The molecule has 1 atom stereocenters. The number of aliphatic hydroxyl groups is 1. The highest BCUT2D eigenvalue weighted by Gasteiger charge is 2.14. The molecule has 1 N–H and O–H groups in total. The van der Waals surface area contributed by atoms with Crippen LogP contribution in [0.3, 0.4) is 0 Å². The number of hydrogen-bond acceptors (Lipinski definition) is 3. The maximum Gasteiger partial charge on any atom is 0.119 e. The van der Waals surface area contributed by atoms with E-state index in [0.717, 1.165) is 27.8 Å². The number of benzene rings is 2. The van der Waals surface area contributed by atoms with Gasteiger partial charge in [0.05, 0.1) is 12.6 Å². The van der Waals surface area contributed by atoms with E-state index in [2.05, 4.69) is 4.98 Å². The van der Waals surface area contributed by atoms with Crippen LogP contribution in [0.4, 0.5) is 0 Å². The molecule has 0 aliphatic carbocycles. The average Bonchev–Trinajstić information content (AvgIpc) is 2.53. The van der Waals surface area contributed by atoms with Crippen molar-refractivity contribution in [2.45, 2.75) is 6.10 Å². The summed E-state index contributed by atoms with van der Waals surface area (Å²) in [4.78, 5) is 4.38. The van der Waals surface area contributed by atoms with Crippen LogP contribution >= 0.6 is 0 Å². The Bertz CT molecular complexity index is 734. The molecule has 0 aliphatic heterocycles. The van der Waals surface area contributed by atoms with E-state index < -0.39 is 6.10 Å². The number of aromatic nitrogens is 1. The van der Waals surface area contributed by atoms with Crippen LogP contribution in [-0.2, 0) is 0 Å². The third-order valence-corrected chi connectivity index (χ3v) is 3.37. The predicted molar refractivity (Wildman–Crippen MR) is 78.8 cm³/mol. The fourth-order valence-corrected chi connectivity index (χ4v) is 2.34. The molecule has 1 heterocycles. The van der Waals surface area contributed by atoms with Crippen molar-refractivity contribution in [1.29, 1.82) is 0 Å². The third-order valence-electron chi connectivity index (χ3n) is 3.37. The number of hydrogen-bond donors (Lipinski definition) is 1. The second kappa shape index (κ2) is 5.31. The van der Waals surface area contributed by atoms with Crippen molar-refractivity contribution in [2.24, 2.45) is 0 Å². The van der Waals surface area contributed by atoms with Crippen molar-refractivity contribution in [1.82, 2.24) is 4.98 Å². The summed E-state index contributed by atoms with van der Waals surface area (Å²) in [5.41, 5.74) is 2.42. The lowest BCUT2D eigenvalue weighted by atomic mass is 9.99. The van der Waals surface area contributed by atoms with Gasteiger partial charge in [-0.15, -0.1) is 0 Å². The number of nitrogens with zero attached hydrogens (tertiary/aromatic N) is 1. The minimum Gasteiger partial charge on any atom is -0.497 e. The largest absolute Gasteiger partial charge is 0.497 e. The van der Waals surface area contributed by atoms with Gasteiger partial charge in [-0.05, 0) is 23.8 Å². The summed E-state index contributed by atoms with van der Waals surface area (Å²) in [6, 6.07) is 17.2. The summed E-state index contributed by atoms with van der Waals surface area (Å²) in [6.45, 7) is 0. The molecule has 2 aromatic carbocycles. The van der Waals surface area contributed by atoms with Gasteiger partial charge in [0.1, 0.15) is 11.9 Å². The topological polar surface area (TPSA) is 42.4 Å². The molecule has 3 aromatic rings. The lowest BCUT2D eigenvalue weighted by molar-refractivity contribution is 0.221. The van der Waals surface area contributed by atoms with E-state index in [9.17, 15) is 5.11 Å². The molecule has 0 bridgehead atoms. The summed E-state index contributed by atoms with van der Waals surface area (Å²) in [7, 11) is 1.62. The van der Waals surface area contributed by atoms with Gasteiger partial charge in [0, 0.05) is 17.1 Å². The Morgan fingerprint density at radius 1 is 1.05 bits per heavy atom. The fourth-order valence-electron chi connectivity index (χ4n) is 2.34. The van der Waals surface area contributed by atoms with E-state index in [0.29, 0.717) is 0 Å². The van der Waals surface area contributed by atoms with Crippen LogP contribution in [0.1, 0.15) is 17.2 Å². The van der Waals surface area contributed by atoms with Crippen molar-refractivity contribution in [3.63, 3.8) is 0 Å². The van der Waals surface area contributed by atoms with Crippen molar-refractivity contribution < 1.29 is 9.84 Å². The van der Waals surface area contributed by atoms with Crippen LogP contribution in [0, 0.1) is 0 Å². The van der Waals surface area contributed by atoms with Crippen LogP contribution in [-0.4, -0.2) is 17.2 Å². The molecule has 1 aromatic heterocycles. The van der Waals surface area contributed by atoms with Gasteiger partial charge >= 0.3 is 0 Å². The molecule has 3 nitrogen and oxygen atoms in total. The normalized spacial score (nSPS) is 12.3. The van der Waals surface area contributed by atoms with Gasteiger partial charge in [0.2, 0.25) is 0 Å². The summed E-state index contributed by atoms with van der Waals surface area (Å²) in [5, 5.41) is 11.6. The molecule has 0 aliphatic rings. The number of ether oxygens (including phenoxy) is 1. The SMILES string of the molecule is COc1cccc(C(O)c2cccc3cccnc23)c1. The van der Waals surface area contributed by atoms with Gasteiger partial charge in [-0.25, -0.2) is 0 Å². The van der Waals surface area contributed by atoms with Crippen LogP contribution in [0.15, 0.2) is 60.8 Å². The van der Waals surface area contributed by atoms with E-state index in [-0.39, 0.29) is 0 Å². The van der Waals surface area contributed by atoms with Crippen LogP contribution < -0.4 is 4.74 Å². The first kappa shape index (κ1) is 12.6. The molecule has 20 heavy (non-hydrogen) atoms. The number of pyridine rings is 1. The van der Waals surface area contributed by atoms with Crippen molar-refractivity contribution in [3.8, 4) is 5.75 Å². The van der Waals surface area contributed by atoms with Gasteiger partial charge < -0.3 is 9.84 Å². The highest BCUT2D eigenvalue weighted by Crippen LogP contribution is 2.29. The number of fused-ring (bicyclic) bond motifs is 1. The lowest BCUT2D eigenvalue weighted by Crippen LogP contribution is -2.01. The predicted octanol–water partition coefficient (Wildman–Crippen LogP) is 3.33. The molecule has 0 fully saturated rings. The minimum atomic E-state index is -0.719. The maximum atomic E-state index is 10.6. The summed E-state index contributed by atoms with van der Waals surface area (Å²) in [5.74, 6) is 0.731. The Kier molecular flexibility index (Phi) is 3.35. The zero-order valence-electron chi connectivity index (χ0n) is 11.2. The quantitative estimate of drug-likeness (QED) is 0.790. The number of para-hydroxylation sites is 1. The van der Waals surface area contributed by atoms with Crippen molar-refractivity contribution in [3.05, 3.63) is 71.9 Å². The van der Waals surface area contributed by atoms with Crippen molar-refractivity contribution >= 4 is 10.9 Å². The Morgan fingerprint density at radius 3 is 2.70 bits per heavy atom. The lowest BCUT2D eigenvalue weighted by Gasteiger charge is -2.14. The van der Waals surface area contributed by atoms with Gasteiger partial charge in [-0.2, -0.15) is 0 Å². The Hall–Kier alpha value is -2.39. The summed E-state index contributed by atoms with van der Waals surface area (Å²) >= 11 is 0. The minimum absolute atomic E-state index is 0.719. The second-order valence-corrected chi connectivity index (χ2v) is 4.60. The molecular formula is C17H15NO2. The fraction of sp³-hybridized carbons (Fsp3) is 0.118. The van der Waals surface area contributed by atoms with Gasteiger partial charge in [0.15, 0.2) is 0 Å². The highest BCUT2D eigenvalue weighted by atomic mass is 16.5. The van der Waals surface area contributed by atoms with Crippen LogP contribution in [0.25, 0.3) is 10.9 Å². The molecule has 0 spiro atoms. The zero-order valence-corrected chi connectivity index (χ0v) is 11.2. The molecule has 0 saturated carbocycles. The van der Waals surface area contributed by atoms with Gasteiger partial charge in [0.25, 0.3) is 0 Å². The number of methoxy groups -OCH3 is 1. The standard InChI is InChI=1S/C17H15NO2/c1-20-14-8-2-6-13(11-14)17(19)15-9-3-5-12-7-4-10-18-16(12)15/h2-11,17,19H,1H3. The first-order chi connectivity index (χ1) is 9.79. The van der Waals surface area contributed by atoms with Crippen LogP contribution in [0.2, 0.25) is 0 Å². The molecule has 3 rings (SSSR count). The molecule has 3 heteroatoms. The van der Waals surface area contributed by atoms with Gasteiger partial charge in [-0.1, -0.05) is 36.4 Å². The summed E-state index contributed by atoms with van der Waals surface area (Å²) in [6.07, 6.45) is 1.02. The molecule has 100 valence electrons. The first-order valence-corrected chi connectivity index (χ1v) is 6.45. The Labute approximate surface area is 117 Å². The van der Waals surface area contributed by atoms with E-state index >= 15 is 0 Å². The molecule has 0 amide bonds. The highest BCUT2D eigenvalue weighted by molar-refractivity contribution is 5.82. The Balaban J connectivity index is 2.10. The van der Waals surface area contributed by atoms with Crippen molar-refractivity contribution in [2.75, 3.05) is 7.11 Å². The third kappa shape index (κ3) is 2.24. The maximum absolute atomic E-state index is 10.6. The Morgan fingerprint density at radius 2 is 1.85 bits per heavy atom. The second-order valence-electron chi connectivity index (χ2n) is 4.60. The van der Waals surface area contributed by atoms with E-state index in [1.54, 1.807) is 13.3 Å². The monoisotopic (exact) mass is 265 g/mol. The molecular weight excluding hydrogens is 250 g/mol. The number of rotatable bonds is 3. The molecule has 1 unspecified atom stereocenters. The molecule has 0 radical (unpaired) electrons. The average molecular weight is 265 g/mol. The van der Waals surface area contributed by atoms with E-state index in [4.69, 9.17) is 4.74 Å².